The van der Waals surface area contributed by atoms with Crippen LogP contribution < -0.4 is 5.73 Å². The van der Waals surface area contributed by atoms with Crippen LogP contribution in [0.5, 0.6) is 0 Å². The number of rotatable bonds is 2. The summed E-state index contributed by atoms with van der Waals surface area (Å²) in [5.41, 5.74) is 5.68. The number of halogens is 1. The summed E-state index contributed by atoms with van der Waals surface area (Å²) in [5, 5.41) is 8.50. The molecular formula is C8H16ClNO2. The Balaban J connectivity index is 0.00000121. The molecule has 0 amide bonds. The maximum Gasteiger partial charge on any atom is 0.303 e. The predicted molar refractivity (Wildman–Crippen MR) is 49.4 cm³/mol. The van der Waals surface area contributed by atoms with Crippen molar-refractivity contribution in [2.75, 3.05) is 0 Å². The lowest BCUT2D eigenvalue weighted by Gasteiger charge is -2.24. The van der Waals surface area contributed by atoms with Crippen molar-refractivity contribution >= 4 is 18.4 Å². The van der Waals surface area contributed by atoms with E-state index in [2.05, 4.69) is 0 Å². The highest BCUT2D eigenvalue weighted by Crippen LogP contribution is 2.25. The van der Waals surface area contributed by atoms with Crippen molar-refractivity contribution in [1.82, 2.24) is 0 Å². The minimum absolute atomic E-state index is 0. The van der Waals surface area contributed by atoms with Gasteiger partial charge in [0.15, 0.2) is 0 Å². The SMILES string of the molecule is Cl.N[C@H]1CC[C@H](CC(=O)O)CC1. The van der Waals surface area contributed by atoms with Crippen molar-refractivity contribution in [3.63, 3.8) is 0 Å². The molecule has 0 heterocycles. The van der Waals surface area contributed by atoms with Gasteiger partial charge in [-0.25, -0.2) is 0 Å². The van der Waals surface area contributed by atoms with Crippen molar-refractivity contribution in [1.29, 1.82) is 0 Å². The molecule has 0 unspecified atom stereocenters. The number of hydrogen-bond acceptors (Lipinski definition) is 2. The fourth-order valence-corrected chi connectivity index (χ4v) is 1.64. The predicted octanol–water partition coefficient (Wildman–Crippen LogP) is 1.40. The van der Waals surface area contributed by atoms with Crippen LogP contribution >= 0.6 is 12.4 Å². The minimum atomic E-state index is -0.675. The summed E-state index contributed by atoms with van der Waals surface area (Å²) in [5.74, 6) is -0.294. The molecule has 0 aromatic carbocycles. The highest BCUT2D eigenvalue weighted by Gasteiger charge is 2.20. The van der Waals surface area contributed by atoms with Crippen LogP contribution in [0.2, 0.25) is 0 Å². The van der Waals surface area contributed by atoms with Gasteiger partial charge in [0.2, 0.25) is 0 Å². The first-order valence-corrected chi connectivity index (χ1v) is 4.16. The summed E-state index contributed by atoms with van der Waals surface area (Å²) in [6, 6.07) is 0.319. The molecule has 3 nitrogen and oxygen atoms in total. The zero-order chi connectivity index (χ0) is 8.27. The Morgan fingerprint density at radius 3 is 2.25 bits per heavy atom. The van der Waals surface area contributed by atoms with E-state index in [1.807, 2.05) is 0 Å². The normalized spacial score (nSPS) is 29.1. The molecule has 3 N–H and O–H groups in total. The average Bonchev–Trinajstić information content (AvgIpc) is 1.93. The summed E-state index contributed by atoms with van der Waals surface area (Å²) in [6.07, 6.45) is 4.31. The Kier molecular flexibility index (Phi) is 5.25. The smallest absolute Gasteiger partial charge is 0.303 e. The molecule has 12 heavy (non-hydrogen) atoms. The molecule has 0 aromatic heterocycles. The van der Waals surface area contributed by atoms with E-state index < -0.39 is 5.97 Å². The van der Waals surface area contributed by atoms with E-state index in [1.54, 1.807) is 0 Å². The van der Waals surface area contributed by atoms with Crippen LogP contribution in [0.1, 0.15) is 32.1 Å². The van der Waals surface area contributed by atoms with Crippen LogP contribution in [-0.2, 0) is 4.79 Å². The Labute approximate surface area is 78.7 Å². The van der Waals surface area contributed by atoms with E-state index in [1.165, 1.54) is 0 Å². The number of carboxylic acid groups (broad SMARTS) is 1. The number of nitrogens with two attached hydrogens (primary N) is 1. The highest BCUT2D eigenvalue weighted by atomic mass is 35.5. The number of hydrogen-bond donors (Lipinski definition) is 2. The Morgan fingerprint density at radius 2 is 1.83 bits per heavy atom. The van der Waals surface area contributed by atoms with Gasteiger partial charge in [0.1, 0.15) is 0 Å². The summed E-state index contributed by atoms with van der Waals surface area (Å²) in [4.78, 5) is 10.3. The highest BCUT2D eigenvalue weighted by molar-refractivity contribution is 5.85. The van der Waals surface area contributed by atoms with Crippen molar-refractivity contribution < 1.29 is 9.90 Å². The van der Waals surface area contributed by atoms with E-state index in [9.17, 15) is 4.79 Å². The summed E-state index contributed by atoms with van der Waals surface area (Å²) >= 11 is 0. The lowest BCUT2D eigenvalue weighted by molar-refractivity contribution is -0.138. The zero-order valence-electron chi connectivity index (χ0n) is 7.03. The summed E-state index contributed by atoms with van der Waals surface area (Å²) in [6.45, 7) is 0. The Morgan fingerprint density at radius 1 is 1.33 bits per heavy atom. The third kappa shape index (κ3) is 3.93. The first kappa shape index (κ1) is 11.7. The van der Waals surface area contributed by atoms with Crippen LogP contribution in [-0.4, -0.2) is 17.1 Å². The number of aliphatic carboxylic acids is 1. The number of carboxylic acids is 1. The quantitative estimate of drug-likeness (QED) is 0.697. The second-order valence-corrected chi connectivity index (χ2v) is 3.38. The van der Waals surface area contributed by atoms with Gasteiger partial charge in [-0.1, -0.05) is 0 Å². The fourth-order valence-electron chi connectivity index (χ4n) is 1.64. The molecule has 0 radical (unpaired) electrons. The maximum absolute atomic E-state index is 10.3. The first-order chi connectivity index (χ1) is 5.18. The molecule has 0 aliphatic heterocycles. The maximum atomic E-state index is 10.3. The molecule has 1 rings (SSSR count). The first-order valence-electron chi connectivity index (χ1n) is 4.16. The molecule has 0 saturated heterocycles. The van der Waals surface area contributed by atoms with Gasteiger partial charge in [-0.05, 0) is 31.6 Å². The van der Waals surface area contributed by atoms with Gasteiger partial charge >= 0.3 is 5.97 Å². The molecule has 0 aromatic rings. The van der Waals surface area contributed by atoms with Crippen molar-refractivity contribution in [2.24, 2.45) is 11.7 Å². The van der Waals surface area contributed by atoms with Crippen molar-refractivity contribution in [2.45, 2.75) is 38.1 Å². The van der Waals surface area contributed by atoms with Gasteiger partial charge in [0.05, 0.1) is 0 Å². The largest absolute Gasteiger partial charge is 0.481 e. The second-order valence-electron chi connectivity index (χ2n) is 3.38. The molecule has 1 aliphatic rings. The number of carbonyl (C=O) groups is 1. The van der Waals surface area contributed by atoms with E-state index in [4.69, 9.17) is 10.8 Å². The van der Waals surface area contributed by atoms with Gasteiger partial charge < -0.3 is 10.8 Å². The van der Waals surface area contributed by atoms with Crippen LogP contribution in [0, 0.1) is 5.92 Å². The van der Waals surface area contributed by atoms with Gasteiger partial charge in [0, 0.05) is 12.5 Å². The lowest BCUT2D eigenvalue weighted by atomic mass is 9.84. The zero-order valence-corrected chi connectivity index (χ0v) is 7.85. The monoisotopic (exact) mass is 193 g/mol. The molecular weight excluding hydrogens is 178 g/mol. The molecule has 4 heteroatoms. The van der Waals surface area contributed by atoms with E-state index in [0.717, 1.165) is 25.7 Å². The van der Waals surface area contributed by atoms with Gasteiger partial charge in [-0.2, -0.15) is 0 Å². The van der Waals surface area contributed by atoms with Gasteiger partial charge in [0.25, 0.3) is 0 Å². The Hall–Kier alpha value is -0.280. The van der Waals surface area contributed by atoms with Gasteiger partial charge in [-0.15, -0.1) is 12.4 Å². The fraction of sp³-hybridized carbons (Fsp3) is 0.875. The van der Waals surface area contributed by atoms with Crippen LogP contribution in [0.15, 0.2) is 0 Å². The van der Waals surface area contributed by atoms with Crippen LogP contribution in [0.25, 0.3) is 0 Å². The molecule has 1 saturated carbocycles. The average molecular weight is 194 g/mol. The molecule has 0 spiro atoms. The van der Waals surface area contributed by atoms with E-state index in [-0.39, 0.29) is 12.4 Å². The molecule has 1 fully saturated rings. The third-order valence-corrected chi connectivity index (χ3v) is 2.35. The van der Waals surface area contributed by atoms with Crippen LogP contribution in [0.3, 0.4) is 0 Å². The topological polar surface area (TPSA) is 63.3 Å². The van der Waals surface area contributed by atoms with E-state index in [0.29, 0.717) is 18.4 Å². The lowest BCUT2D eigenvalue weighted by Crippen LogP contribution is -2.27. The molecule has 0 atom stereocenters. The Bertz CT molecular complexity index is 144. The van der Waals surface area contributed by atoms with Crippen molar-refractivity contribution in [3.8, 4) is 0 Å². The molecule has 1 aliphatic carbocycles. The summed E-state index contributed by atoms with van der Waals surface area (Å²) < 4.78 is 0. The van der Waals surface area contributed by atoms with E-state index >= 15 is 0 Å². The van der Waals surface area contributed by atoms with Gasteiger partial charge in [-0.3, -0.25) is 4.79 Å². The molecule has 0 bridgehead atoms. The molecule has 72 valence electrons. The van der Waals surface area contributed by atoms with Crippen LogP contribution in [0.4, 0.5) is 0 Å². The summed E-state index contributed by atoms with van der Waals surface area (Å²) in [7, 11) is 0. The third-order valence-electron chi connectivity index (χ3n) is 2.35. The second kappa shape index (κ2) is 5.38. The van der Waals surface area contributed by atoms with Crippen molar-refractivity contribution in [3.05, 3.63) is 0 Å². The minimum Gasteiger partial charge on any atom is -0.481 e. The standard InChI is InChI=1S/C8H15NO2.ClH/c9-7-3-1-6(2-4-7)5-8(10)11;/h6-7H,1-5,9H2,(H,10,11);1H/t6-,7-;.